The zero-order chi connectivity index (χ0) is 12.7. The number of esters is 1. The van der Waals surface area contributed by atoms with E-state index in [-0.39, 0.29) is 12.2 Å². The molecule has 1 aliphatic carbocycles. The van der Waals surface area contributed by atoms with Crippen LogP contribution in [0.1, 0.15) is 19.8 Å². The number of allylic oxidation sites excluding steroid dienone is 2. The number of hydrogen-bond acceptors (Lipinski definition) is 5. The summed E-state index contributed by atoms with van der Waals surface area (Å²) < 4.78 is 9.91. The first-order chi connectivity index (χ1) is 7.91. The molecule has 0 aromatic rings. The molecule has 0 aromatic heterocycles. The van der Waals surface area contributed by atoms with Gasteiger partial charge in [0.2, 0.25) is 0 Å². The molecular weight excluding hydrogens is 224 g/mol. The van der Waals surface area contributed by atoms with Gasteiger partial charge in [-0.15, -0.1) is 0 Å². The molecule has 0 radical (unpaired) electrons. The molecular formula is C12H14O5. The number of rotatable bonds is 1. The summed E-state index contributed by atoms with van der Waals surface area (Å²) in [5.41, 5.74) is -0.331. The average Bonchev–Trinajstić information content (AvgIpc) is 2.63. The molecule has 1 aliphatic heterocycles. The number of ketones is 1. The highest BCUT2D eigenvalue weighted by atomic mass is 16.7. The normalized spacial score (nSPS) is 36.2. The van der Waals surface area contributed by atoms with Gasteiger partial charge < -0.3 is 14.6 Å². The van der Waals surface area contributed by atoms with E-state index in [2.05, 4.69) is 4.74 Å². The first-order valence-corrected chi connectivity index (χ1v) is 5.35. The van der Waals surface area contributed by atoms with Crippen LogP contribution in [0.2, 0.25) is 0 Å². The highest BCUT2D eigenvalue weighted by Crippen LogP contribution is 2.41. The fourth-order valence-electron chi connectivity index (χ4n) is 2.14. The van der Waals surface area contributed by atoms with Crippen LogP contribution in [0.15, 0.2) is 23.8 Å². The lowest BCUT2D eigenvalue weighted by Gasteiger charge is -2.27. The number of aliphatic hydroxyl groups is 1. The van der Waals surface area contributed by atoms with Crippen LogP contribution >= 0.6 is 0 Å². The first-order valence-electron chi connectivity index (χ1n) is 5.35. The monoisotopic (exact) mass is 238 g/mol. The number of carbonyl (C=O) groups excluding carboxylic acids is 2. The summed E-state index contributed by atoms with van der Waals surface area (Å²) >= 11 is 0. The average molecular weight is 238 g/mol. The Kier molecular flexibility index (Phi) is 2.67. The maximum atomic E-state index is 11.4. The van der Waals surface area contributed by atoms with E-state index in [1.54, 1.807) is 19.1 Å². The molecule has 2 atom stereocenters. The van der Waals surface area contributed by atoms with Crippen LogP contribution in [0.25, 0.3) is 0 Å². The van der Waals surface area contributed by atoms with Gasteiger partial charge in [0.05, 0.1) is 7.11 Å². The van der Waals surface area contributed by atoms with Crippen molar-refractivity contribution in [2.24, 2.45) is 0 Å². The van der Waals surface area contributed by atoms with Gasteiger partial charge in [-0.2, -0.15) is 0 Å². The summed E-state index contributed by atoms with van der Waals surface area (Å²) in [5.74, 6) is -2.82. The lowest BCUT2D eigenvalue weighted by molar-refractivity contribution is -0.224. The Morgan fingerprint density at radius 2 is 2.24 bits per heavy atom. The molecule has 1 saturated heterocycles. The van der Waals surface area contributed by atoms with Crippen molar-refractivity contribution in [3.63, 3.8) is 0 Å². The molecule has 0 amide bonds. The summed E-state index contributed by atoms with van der Waals surface area (Å²) in [5, 5.41) is 9.98. The van der Waals surface area contributed by atoms with Crippen molar-refractivity contribution in [1.29, 1.82) is 0 Å². The van der Waals surface area contributed by atoms with Crippen molar-refractivity contribution in [3.05, 3.63) is 23.8 Å². The molecule has 92 valence electrons. The van der Waals surface area contributed by atoms with E-state index in [4.69, 9.17) is 4.74 Å². The molecule has 1 spiro atoms. The number of ether oxygens (including phenoxy) is 2. The van der Waals surface area contributed by atoms with Crippen LogP contribution in [-0.4, -0.2) is 35.4 Å². The molecule has 1 N–H and O–H groups in total. The molecule has 5 heteroatoms. The first kappa shape index (κ1) is 12.0. The van der Waals surface area contributed by atoms with Crippen molar-refractivity contribution in [2.45, 2.75) is 31.2 Å². The van der Waals surface area contributed by atoms with Crippen LogP contribution in [0.5, 0.6) is 0 Å². The minimum absolute atomic E-state index is 0.0901. The van der Waals surface area contributed by atoms with E-state index in [1.807, 2.05) is 0 Å². The van der Waals surface area contributed by atoms with Gasteiger partial charge in [-0.1, -0.05) is 0 Å². The highest BCUT2D eigenvalue weighted by molar-refractivity contribution is 6.04. The molecule has 2 unspecified atom stereocenters. The van der Waals surface area contributed by atoms with Crippen molar-refractivity contribution < 1.29 is 24.2 Å². The minimum Gasteiger partial charge on any atom is -0.465 e. The lowest BCUT2D eigenvalue weighted by atomic mass is 9.90. The summed E-state index contributed by atoms with van der Waals surface area (Å²) in [7, 11) is 1.19. The van der Waals surface area contributed by atoms with Gasteiger partial charge in [0.1, 0.15) is 5.60 Å². The molecule has 0 saturated carbocycles. The summed E-state index contributed by atoms with van der Waals surface area (Å²) in [6.07, 6.45) is 5.18. The molecule has 0 bridgehead atoms. The van der Waals surface area contributed by atoms with E-state index in [1.165, 1.54) is 13.2 Å². The van der Waals surface area contributed by atoms with Crippen molar-refractivity contribution in [1.82, 2.24) is 0 Å². The minimum atomic E-state index is -1.92. The van der Waals surface area contributed by atoms with E-state index in [0.29, 0.717) is 12.0 Å². The quantitative estimate of drug-likeness (QED) is 0.673. The Hall–Kier alpha value is -1.46. The second-order valence-electron chi connectivity index (χ2n) is 4.36. The molecule has 17 heavy (non-hydrogen) atoms. The third-order valence-corrected chi connectivity index (χ3v) is 3.08. The SMILES string of the molecule is COC(=O)C1(O)CCC2(C=CC(=O)C(C)=C2)O1. The van der Waals surface area contributed by atoms with Crippen molar-refractivity contribution >= 4 is 11.8 Å². The van der Waals surface area contributed by atoms with E-state index >= 15 is 0 Å². The van der Waals surface area contributed by atoms with Gasteiger partial charge in [0.25, 0.3) is 5.79 Å². The van der Waals surface area contributed by atoms with E-state index in [9.17, 15) is 14.7 Å². The van der Waals surface area contributed by atoms with Gasteiger partial charge in [0.15, 0.2) is 5.78 Å². The Morgan fingerprint density at radius 3 is 2.82 bits per heavy atom. The Bertz CT molecular complexity index is 436. The van der Waals surface area contributed by atoms with Crippen LogP contribution in [-0.2, 0) is 19.1 Å². The van der Waals surface area contributed by atoms with E-state index < -0.39 is 17.4 Å². The number of carbonyl (C=O) groups is 2. The highest BCUT2D eigenvalue weighted by Gasteiger charge is 2.52. The summed E-state index contributed by atoms with van der Waals surface area (Å²) in [6.45, 7) is 1.67. The largest absolute Gasteiger partial charge is 0.465 e. The predicted molar refractivity (Wildman–Crippen MR) is 57.9 cm³/mol. The molecule has 0 aromatic carbocycles. The third kappa shape index (κ3) is 1.92. The zero-order valence-electron chi connectivity index (χ0n) is 9.73. The van der Waals surface area contributed by atoms with Gasteiger partial charge in [-0.3, -0.25) is 4.79 Å². The van der Waals surface area contributed by atoms with Crippen LogP contribution < -0.4 is 0 Å². The summed E-state index contributed by atoms with van der Waals surface area (Å²) in [4.78, 5) is 22.7. The summed E-state index contributed by atoms with van der Waals surface area (Å²) in [6, 6.07) is 0. The maximum Gasteiger partial charge on any atom is 0.366 e. The third-order valence-electron chi connectivity index (χ3n) is 3.08. The lowest BCUT2D eigenvalue weighted by Crippen LogP contribution is -2.42. The smallest absolute Gasteiger partial charge is 0.366 e. The van der Waals surface area contributed by atoms with Gasteiger partial charge in [0, 0.05) is 6.42 Å². The Morgan fingerprint density at radius 1 is 1.53 bits per heavy atom. The molecule has 2 aliphatic rings. The fourth-order valence-corrected chi connectivity index (χ4v) is 2.14. The second kappa shape index (κ2) is 3.78. The van der Waals surface area contributed by atoms with Gasteiger partial charge >= 0.3 is 5.97 Å². The number of methoxy groups -OCH3 is 1. The van der Waals surface area contributed by atoms with Crippen molar-refractivity contribution in [3.8, 4) is 0 Å². The Labute approximate surface area is 98.7 Å². The maximum absolute atomic E-state index is 11.4. The van der Waals surface area contributed by atoms with E-state index in [0.717, 1.165) is 0 Å². The number of hydrogen-bond donors (Lipinski definition) is 1. The van der Waals surface area contributed by atoms with Crippen LogP contribution in [0.4, 0.5) is 0 Å². The van der Waals surface area contributed by atoms with Crippen molar-refractivity contribution in [2.75, 3.05) is 7.11 Å². The molecule has 5 nitrogen and oxygen atoms in total. The van der Waals surface area contributed by atoms with Gasteiger partial charge in [-0.05, 0) is 37.1 Å². The second-order valence-corrected chi connectivity index (χ2v) is 4.36. The molecule has 2 rings (SSSR count). The topological polar surface area (TPSA) is 72.8 Å². The van der Waals surface area contributed by atoms with Crippen LogP contribution in [0, 0.1) is 0 Å². The van der Waals surface area contributed by atoms with Gasteiger partial charge in [-0.25, -0.2) is 4.79 Å². The fraction of sp³-hybridized carbons (Fsp3) is 0.500. The van der Waals surface area contributed by atoms with Crippen LogP contribution in [0.3, 0.4) is 0 Å². The zero-order valence-corrected chi connectivity index (χ0v) is 9.73. The molecule has 1 heterocycles. The Balaban J connectivity index is 2.26. The standard InChI is InChI=1S/C12H14O5/c1-8-7-11(4-3-9(8)13)5-6-12(15,17-11)10(14)16-2/h3-4,7,15H,5-6H2,1-2H3. The predicted octanol–water partition coefficient (Wildman–Crippen LogP) is 0.482. The molecule has 1 fully saturated rings.